The van der Waals surface area contributed by atoms with E-state index in [-0.39, 0.29) is 5.97 Å². The summed E-state index contributed by atoms with van der Waals surface area (Å²) in [6, 6.07) is 0.669. The maximum absolute atomic E-state index is 12.0. The van der Waals surface area contributed by atoms with Crippen molar-refractivity contribution in [2.45, 2.75) is 64.5 Å². The Balaban J connectivity index is 2.51. The van der Waals surface area contributed by atoms with Crippen LogP contribution < -0.4 is 5.32 Å². The van der Waals surface area contributed by atoms with E-state index in [1.54, 1.807) is 0 Å². The molecule has 0 radical (unpaired) electrons. The maximum atomic E-state index is 12.0. The molecular formula is C16H32N2O2. The van der Waals surface area contributed by atoms with E-state index in [4.69, 9.17) is 4.74 Å². The molecule has 1 fully saturated rings. The molecule has 0 spiro atoms. The molecule has 4 nitrogen and oxygen atoms in total. The van der Waals surface area contributed by atoms with Crippen LogP contribution in [0.25, 0.3) is 0 Å². The van der Waals surface area contributed by atoms with Crippen LogP contribution in [-0.2, 0) is 9.53 Å². The Bertz CT molecular complexity index is 309. The fourth-order valence-corrected chi connectivity index (χ4v) is 3.26. The first-order chi connectivity index (χ1) is 9.42. The highest BCUT2D eigenvalue weighted by molar-refractivity contribution is 5.80. The van der Waals surface area contributed by atoms with E-state index in [1.807, 2.05) is 13.8 Å². The van der Waals surface area contributed by atoms with Crippen molar-refractivity contribution in [2.24, 2.45) is 5.92 Å². The van der Waals surface area contributed by atoms with Gasteiger partial charge in [-0.05, 0) is 45.7 Å². The highest BCUT2D eigenvalue weighted by Crippen LogP contribution is 2.27. The van der Waals surface area contributed by atoms with Crippen molar-refractivity contribution < 1.29 is 9.53 Å². The van der Waals surface area contributed by atoms with E-state index in [9.17, 15) is 4.79 Å². The smallest absolute Gasteiger partial charge is 0.325 e. The largest absolute Gasteiger partial charge is 0.468 e. The molecular weight excluding hydrogens is 252 g/mol. The van der Waals surface area contributed by atoms with E-state index >= 15 is 0 Å². The number of methoxy groups -OCH3 is 1. The summed E-state index contributed by atoms with van der Waals surface area (Å²) in [7, 11) is 3.65. The van der Waals surface area contributed by atoms with E-state index in [0.717, 1.165) is 25.4 Å². The number of rotatable bonds is 7. The number of carbonyl (C=O) groups excluding carboxylic acids is 1. The minimum Gasteiger partial charge on any atom is -0.468 e. The van der Waals surface area contributed by atoms with Crippen molar-refractivity contribution in [3.63, 3.8) is 0 Å². The topological polar surface area (TPSA) is 41.6 Å². The Hall–Kier alpha value is -0.610. The summed E-state index contributed by atoms with van der Waals surface area (Å²) in [5.74, 6) is 0.668. The molecule has 1 aliphatic rings. The molecule has 1 rings (SSSR count). The van der Waals surface area contributed by atoms with Crippen LogP contribution in [-0.4, -0.2) is 49.7 Å². The summed E-state index contributed by atoms with van der Waals surface area (Å²) in [6.45, 7) is 8.01. The normalized spacial score (nSPS) is 26.3. The molecule has 3 atom stereocenters. The number of hydrogen-bond acceptors (Lipinski definition) is 4. The highest BCUT2D eigenvalue weighted by atomic mass is 16.5. The summed E-state index contributed by atoms with van der Waals surface area (Å²) in [5.41, 5.74) is -0.571. The van der Waals surface area contributed by atoms with Crippen LogP contribution >= 0.6 is 0 Å². The van der Waals surface area contributed by atoms with E-state index in [0.29, 0.717) is 6.04 Å². The zero-order valence-corrected chi connectivity index (χ0v) is 13.9. The lowest BCUT2D eigenvalue weighted by atomic mass is 9.86. The molecule has 0 aromatic heterocycles. The number of carbonyl (C=O) groups is 1. The lowest BCUT2D eigenvalue weighted by molar-refractivity contribution is -0.148. The molecule has 0 saturated heterocycles. The summed E-state index contributed by atoms with van der Waals surface area (Å²) < 4.78 is 4.94. The average molecular weight is 284 g/mol. The number of esters is 1. The van der Waals surface area contributed by atoms with Crippen molar-refractivity contribution in [1.29, 1.82) is 0 Å². The molecule has 0 aliphatic heterocycles. The number of ether oxygens (including phenoxy) is 1. The van der Waals surface area contributed by atoms with Crippen LogP contribution in [0.1, 0.15) is 52.9 Å². The third-order valence-electron chi connectivity index (χ3n) is 4.70. The number of nitrogens with one attached hydrogen (secondary N) is 1. The molecule has 0 aromatic carbocycles. The molecule has 0 bridgehead atoms. The number of hydrogen-bond donors (Lipinski definition) is 1. The molecule has 3 unspecified atom stereocenters. The third kappa shape index (κ3) is 4.74. The molecule has 0 heterocycles. The molecule has 1 N–H and O–H groups in total. The quantitative estimate of drug-likeness (QED) is 0.729. The molecule has 4 heteroatoms. The average Bonchev–Trinajstić information content (AvgIpc) is 2.44. The lowest BCUT2D eigenvalue weighted by Gasteiger charge is -2.36. The van der Waals surface area contributed by atoms with Gasteiger partial charge in [-0.2, -0.15) is 0 Å². The van der Waals surface area contributed by atoms with Crippen LogP contribution in [0.5, 0.6) is 0 Å². The fraction of sp³-hybridized carbons (Fsp3) is 0.938. The van der Waals surface area contributed by atoms with Gasteiger partial charge in [-0.1, -0.05) is 26.7 Å². The van der Waals surface area contributed by atoms with Crippen molar-refractivity contribution in [3.05, 3.63) is 0 Å². The van der Waals surface area contributed by atoms with Crippen LogP contribution in [0.15, 0.2) is 0 Å². The maximum Gasteiger partial charge on any atom is 0.325 e. The molecule has 0 amide bonds. The Morgan fingerprint density at radius 1 is 1.45 bits per heavy atom. The first-order valence-corrected chi connectivity index (χ1v) is 7.96. The molecule has 1 saturated carbocycles. The van der Waals surface area contributed by atoms with Crippen molar-refractivity contribution in [1.82, 2.24) is 10.2 Å². The van der Waals surface area contributed by atoms with Crippen LogP contribution in [0, 0.1) is 5.92 Å². The predicted molar refractivity (Wildman–Crippen MR) is 82.8 cm³/mol. The highest BCUT2D eigenvalue weighted by Gasteiger charge is 2.34. The number of likely N-dealkylation sites (N-methyl/N-ethyl adjacent to an activating group) is 1. The van der Waals surface area contributed by atoms with Crippen molar-refractivity contribution in [3.8, 4) is 0 Å². The second-order valence-electron chi connectivity index (χ2n) is 6.51. The molecule has 118 valence electrons. The standard InChI is InChI=1S/C16H32N2O2/c1-6-17-16(3,15(19)20-5)10-11-18(4)14-9-7-8-13(2)12-14/h13-14,17H,6-12H2,1-5H3. The Morgan fingerprint density at radius 2 is 2.15 bits per heavy atom. The van der Waals surface area contributed by atoms with Gasteiger partial charge in [-0.3, -0.25) is 4.79 Å². The van der Waals surface area contributed by atoms with Gasteiger partial charge in [0.1, 0.15) is 5.54 Å². The SMILES string of the molecule is CCNC(C)(CCN(C)C1CCCC(C)C1)C(=O)OC. The summed E-state index contributed by atoms with van der Waals surface area (Å²) in [5, 5.41) is 3.28. The third-order valence-corrected chi connectivity index (χ3v) is 4.70. The number of nitrogens with zero attached hydrogens (tertiary/aromatic N) is 1. The molecule has 1 aliphatic carbocycles. The second kappa shape index (κ2) is 7.99. The van der Waals surface area contributed by atoms with E-state index < -0.39 is 5.54 Å². The van der Waals surface area contributed by atoms with Crippen LogP contribution in [0.3, 0.4) is 0 Å². The Morgan fingerprint density at radius 3 is 2.70 bits per heavy atom. The molecule has 20 heavy (non-hydrogen) atoms. The van der Waals surface area contributed by atoms with Gasteiger partial charge in [-0.25, -0.2) is 0 Å². The molecule has 0 aromatic rings. The lowest BCUT2D eigenvalue weighted by Crippen LogP contribution is -2.52. The van der Waals surface area contributed by atoms with Crippen molar-refractivity contribution >= 4 is 5.97 Å². The van der Waals surface area contributed by atoms with E-state index in [2.05, 4.69) is 24.2 Å². The van der Waals surface area contributed by atoms with Gasteiger partial charge >= 0.3 is 5.97 Å². The summed E-state index contributed by atoms with van der Waals surface area (Å²) in [4.78, 5) is 14.4. The van der Waals surface area contributed by atoms with E-state index in [1.165, 1.54) is 32.8 Å². The van der Waals surface area contributed by atoms with Crippen LogP contribution in [0.2, 0.25) is 0 Å². The second-order valence-corrected chi connectivity index (χ2v) is 6.51. The van der Waals surface area contributed by atoms with Gasteiger partial charge < -0.3 is 15.0 Å². The Kier molecular flexibility index (Phi) is 6.96. The predicted octanol–water partition coefficient (Wildman–Crippen LogP) is 2.43. The first kappa shape index (κ1) is 17.4. The van der Waals surface area contributed by atoms with Gasteiger partial charge in [0.15, 0.2) is 0 Å². The van der Waals surface area contributed by atoms with Gasteiger partial charge in [0.05, 0.1) is 7.11 Å². The summed E-state index contributed by atoms with van der Waals surface area (Å²) in [6.07, 6.45) is 6.05. The van der Waals surface area contributed by atoms with Gasteiger partial charge in [0, 0.05) is 12.6 Å². The van der Waals surface area contributed by atoms with Gasteiger partial charge in [0.2, 0.25) is 0 Å². The fourth-order valence-electron chi connectivity index (χ4n) is 3.26. The van der Waals surface area contributed by atoms with Gasteiger partial charge in [-0.15, -0.1) is 0 Å². The van der Waals surface area contributed by atoms with Crippen LogP contribution in [0.4, 0.5) is 0 Å². The zero-order chi connectivity index (χ0) is 15.2. The minimum atomic E-state index is -0.571. The summed E-state index contributed by atoms with van der Waals surface area (Å²) >= 11 is 0. The Labute approximate surface area is 124 Å². The zero-order valence-electron chi connectivity index (χ0n) is 13.9. The first-order valence-electron chi connectivity index (χ1n) is 7.96. The van der Waals surface area contributed by atoms with Crippen molar-refractivity contribution in [2.75, 3.05) is 27.2 Å². The monoisotopic (exact) mass is 284 g/mol. The minimum absolute atomic E-state index is 0.162. The van der Waals surface area contributed by atoms with Gasteiger partial charge in [0.25, 0.3) is 0 Å².